The third-order valence-corrected chi connectivity index (χ3v) is 9.62. The molecule has 8 nitrogen and oxygen atoms in total. The van der Waals surface area contributed by atoms with Crippen LogP contribution in [0.4, 0.5) is 0 Å². The molecule has 3 N–H and O–H groups in total. The molecule has 0 aliphatic rings. The molecule has 54 heavy (non-hydrogen) atoms. The van der Waals surface area contributed by atoms with Gasteiger partial charge in [0.1, 0.15) is 13.2 Å². The minimum Gasteiger partial charge on any atom is -0.387 e. The molecule has 0 aromatic heterocycles. The zero-order chi connectivity index (χ0) is 40.0. The Morgan fingerprint density at radius 3 is 1.59 bits per heavy atom. The number of hydrogen-bond acceptors (Lipinski definition) is 5. The molecule has 0 aliphatic heterocycles. The maximum absolute atomic E-state index is 12.8. The Labute approximate surface area is 331 Å². The van der Waals surface area contributed by atoms with Crippen molar-refractivity contribution in [3.05, 3.63) is 85.1 Å². The van der Waals surface area contributed by atoms with Gasteiger partial charge >= 0.3 is 7.82 Å². The maximum atomic E-state index is 12.8. The van der Waals surface area contributed by atoms with Gasteiger partial charge < -0.3 is 19.8 Å². The number of quaternary nitrogens is 1. The number of unbranched alkanes of at least 4 members (excludes halogenated alkanes) is 11. The Hall–Kier alpha value is -2.32. The van der Waals surface area contributed by atoms with Crippen LogP contribution < -0.4 is 5.32 Å². The topological polar surface area (TPSA) is 105 Å². The van der Waals surface area contributed by atoms with Crippen LogP contribution in [0.2, 0.25) is 0 Å². The summed E-state index contributed by atoms with van der Waals surface area (Å²) in [5.74, 6) is -0.264. The van der Waals surface area contributed by atoms with Crippen molar-refractivity contribution in [2.45, 2.75) is 154 Å². The number of allylic oxidation sites excluding steroid dienone is 13. The molecule has 1 amide bonds. The second-order valence-electron chi connectivity index (χ2n) is 15.0. The highest BCUT2D eigenvalue weighted by atomic mass is 31.2. The van der Waals surface area contributed by atoms with Gasteiger partial charge in [-0.2, -0.15) is 0 Å². The number of nitrogens with one attached hydrogen (secondary N) is 1. The molecule has 0 bridgehead atoms. The van der Waals surface area contributed by atoms with Crippen molar-refractivity contribution in [1.82, 2.24) is 5.32 Å². The van der Waals surface area contributed by atoms with Gasteiger partial charge in [0, 0.05) is 6.42 Å². The third kappa shape index (κ3) is 38.0. The SMILES string of the molecule is CC/C=C\C/C=C\C/C=C\C/C=C\C/C=C\C/C=C\CCC(=O)N[C@@H](COP(=O)(O)OCC[N+](C)(C)C)[C@H](O)/C=C/CCCCCCCCCCCCC. The predicted molar refractivity (Wildman–Crippen MR) is 230 cm³/mol. The van der Waals surface area contributed by atoms with Crippen molar-refractivity contribution in [2.24, 2.45) is 0 Å². The normalized spacial score (nSPS) is 15.3. The van der Waals surface area contributed by atoms with Gasteiger partial charge in [-0.3, -0.25) is 13.8 Å². The Bertz CT molecular complexity index is 1150. The van der Waals surface area contributed by atoms with E-state index in [2.05, 4.69) is 79.9 Å². The Morgan fingerprint density at radius 1 is 0.648 bits per heavy atom. The minimum atomic E-state index is -4.36. The van der Waals surface area contributed by atoms with Crippen LogP contribution >= 0.6 is 7.82 Å². The number of phosphoric ester groups is 1. The van der Waals surface area contributed by atoms with Crippen molar-refractivity contribution in [3.8, 4) is 0 Å². The molecular weight excluding hydrogens is 695 g/mol. The molecule has 0 heterocycles. The lowest BCUT2D eigenvalue weighted by atomic mass is 10.0. The third-order valence-electron chi connectivity index (χ3n) is 8.63. The summed E-state index contributed by atoms with van der Waals surface area (Å²) in [7, 11) is 1.51. The summed E-state index contributed by atoms with van der Waals surface area (Å²) in [6.07, 6.45) is 49.5. The smallest absolute Gasteiger partial charge is 0.387 e. The van der Waals surface area contributed by atoms with Crippen LogP contribution in [-0.4, -0.2) is 73.4 Å². The Balaban J connectivity index is 4.63. The molecule has 3 atom stereocenters. The lowest BCUT2D eigenvalue weighted by Crippen LogP contribution is -2.45. The van der Waals surface area contributed by atoms with E-state index in [1.807, 2.05) is 39.4 Å². The van der Waals surface area contributed by atoms with E-state index < -0.39 is 20.0 Å². The number of hydrogen-bond donors (Lipinski definition) is 3. The fourth-order valence-corrected chi connectivity index (χ4v) is 6.03. The average Bonchev–Trinajstić information content (AvgIpc) is 3.12. The predicted octanol–water partition coefficient (Wildman–Crippen LogP) is 11.4. The first-order valence-electron chi connectivity index (χ1n) is 21.0. The first kappa shape index (κ1) is 51.7. The molecule has 9 heteroatoms. The van der Waals surface area contributed by atoms with Crippen molar-refractivity contribution >= 4 is 13.7 Å². The molecule has 0 fully saturated rings. The summed E-state index contributed by atoms with van der Waals surface area (Å²) in [6.45, 7) is 4.60. The molecule has 0 aliphatic carbocycles. The number of carbonyl (C=O) groups is 1. The van der Waals surface area contributed by atoms with Crippen LogP contribution in [0.1, 0.15) is 142 Å². The molecule has 0 spiro atoms. The van der Waals surface area contributed by atoms with Crippen LogP contribution in [0.15, 0.2) is 85.1 Å². The van der Waals surface area contributed by atoms with Crippen molar-refractivity contribution in [2.75, 3.05) is 40.9 Å². The Morgan fingerprint density at radius 2 is 1.11 bits per heavy atom. The van der Waals surface area contributed by atoms with Crippen molar-refractivity contribution in [3.63, 3.8) is 0 Å². The van der Waals surface area contributed by atoms with Crippen molar-refractivity contribution in [1.29, 1.82) is 0 Å². The maximum Gasteiger partial charge on any atom is 0.472 e. The molecule has 0 rings (SSSR count). The monoisotopic (exact) mass is 776 g/mol. The lowest BCUT2D eigenvalue weighted by molar-refractivity contribution is -0.870. The second-order valence-corrected chi connectivity index (χ2v) is 16.4. The summed E-state index contributed by atoms with van der Waals surface area (Å²) in [4.78, 5) is 23.0. The van der Waals surface area contributed by atoms with E-state index in [4.69, 9.17) is 9.05 Å². The quantitative estimate of drug-likeness (QED) is 0.0253. The molecular formula is C45H80N2O6P+. The molecule has 310 valence electrons. The van der Waals surface area contributed by atoms with Gasteiger partial charge in [0.2, 0.25) is 5.91 Å². The highest BCUT2D eigenvalue weighted by Crippen LogP contribution is 2.43. The summed E-state index contributed by atoms with van der Waals surface area (Å²) in [5, 5.41) is 13.7. The van der Waals surface area contributed by atoms with E-state index >= 15 is 0 Å². The summed E-state index contributed by atoms with van der Waals surface area (Å²) in [6, 6.07) is -0.890. The molecule has 0 aromatic carbocycles. The second kappa shape index (κ2) is 36.3. The van der Waals surface area contributed by atoms with E-state index in [0.29, 0.717) is 17.4 Å². The number of aliphatic hydroxyl groups is 1. The summed E-state index contributed by atoms with van der Waals surface area (Å²) < 4.78 is 23.5. The van der Waals surface area contributed by atoms with Gasteiger partial charge in [-0.25, -0.2) is 4.57 Å². The first-order chi connectivity index (χ1) is 26.0. The zero-order valence-corrected chi connectivity index (χ0v) is 35.8. The molecule has 0 aromatic rings. The molecule has 0 radical (unpaired) electrons. The average molecular weight is 776 g/mol. The zero-order valence-electron chi connectivity index (χ0n) is 34.9. The van der Waals surface area contributed by atoms with Crippen LogP contribution in [-0.2, 0) is 18.4 Å². The van der Waals surface area contributed by atoms with E-state index in [-0.39, 0.29) is 25.5 Å². The summed E-state index contributed by atoms with van der Waals surface area (Å²) in [5.41, 5.74) is 0. The minimum absolute atomic E-state index is 0.0433. The number of carbonyl (C=O) groups excluding carboxylic acids is 1. The fraction of sp³-hybridized carbons (Fsp3) is 0.667. The lowest BCUT2D eigenvalue weighted by Gasteiger charge is -2.25. The van der Waals surface area contributed by atoms with Crippen LogP contribution in [0.25, 0.3) is 0 Å². The van der Waals surface area contributed by atoms with Gasteiger partial charge in [0.25, 0.3) is 0 Å². The van der Waals surface area contributed by atoms with Crippen LogP contribution in [0.5, 0.6) is 0 Å². The van der Waals surface area contributed by atoms with E-state index in [1.165, 1.54) is 57.8 Å². The number of aliphatic hydroxyl groups excluding tert-OH is 1. The van der Waals surface area contributed by atoms with Gasteiger partial charge in [0.15, 0.2) is 0 Å². The highest BCUT2D eigenvalue weighted by Gasteiger charge is 2.27. The van der Waals surface area contributed by atoms with E-state index in [1.54, 1.807) is 6.08 Å². The van der Waals surface area contributed by atoms with E-state index in [9.17, 15) is 19.4 Å². The van der Waals surface area contributed by atoms with Crippen LogP contribution in [0, 0.1) is 0 Å². The Kier molecular flexibility index (Phi) is 34.8. The van der Waals surface area contributed by atoms with Gasteiger partial charge in [-0.05, 0) is 57.8 Å². The number of nitrogens with zero attached hydrogens (tertiary/aromatic N) is 1. The molecule has 0 saturated heterocycles. The fourth-order valence-electron chi connectivity index (χ4n) is 5.30. The van der Waals surface area contributed by atoms with E-state index in [0.717, 1.165) is 57.8 Å². The standard InChI is InChI=1S/C45H79N2O6P/c1-6-8-10-12-14-16-18-20-21-22-23-24-25-27-29-31-33-35-37-39-45(49)46-43(42-53-54(50,51)52-41-40-47(3,4)5)44(48)38-36-34-32-30-28-26-19-17-15-13-11-9-7-2/h8,10,14,16,20-21,23-24,27,29,33,35-36,38,43-44,48H,6-7,9,11-13,15,17-19,22,25-26,28,30-32,34,37,39-42H2,1-5H3,(H-,46,49,50,51)/p+1/b10-8-,16-14-,21-20-,24-23-,29-27-,35-33-,38-36+/t43-,44+/m0/s1. The number of amides is 1. The summed E-state index contributed by atoms with van der Waals surface area (Å²) >= 11 is 0. The highest BCUT2D eigenvalue weighted by molar-refractivity contribution is 7.47. The van der Waals surface area contributed by atoms with Gasteiger partial charge in [-0.15, -0.1) is 0 Å². The van der Waals surface area contributed by atoms with Gasteiger partial charge in [-0.1, -0.05) is 163 Å². The molecule has 1 unspecified atom stereocenters. The number of rotatable bonds is 36. The van der Waals surface area contributed by atoms with Gasteiger partial charge in [0.05, 0.1) is 39.9 Å². The van der Waals surface area contributed by atoms with Crippen LogP contribution in [0.3, 0.4) is 0 Å². The first-order valence-corrected chi connectivity index (χ1v) is 22.5. The molecule has 0 saturated carbocycles. The number of likely N-dealkylation sites (N-methyl/N-ethyl adjacent to an activating group) is 1. The van der Waals surface area contributed by atoms with Crippen molar-refractivity contribution < 1.29 is 32.9 Å². The number of phosphoric acid groups is 1. The largest absolute Gasteiger partial charge is 0.472 e.